The van der Waals surface area contributed by atoms with Gasteiger partial charge in [-0.3, -0.25) is 10.6 Å². The van der Waals surface area contributed by atoms with Gasteiger partial charge in [0.1, 0.15) is 0 Å². The van der Waals surface area contributed by atoms with E-state index in [1.807, 2.05) is 36.9 Å². The van der Waals surface area contributed by atoms with Gasteiger partial charge in [-0.1, -0.05) is 19.3 Å². The fraction of sp³-hybridized carbons (Fsp3) is 0.562. The van der Waals surface area contributed by atoms with Crippen molar-refractivity contribution in [2.24, 2.45) is 5.84 Å². The van der Waals surface area contributed by atoms with E-state index in [0.717, 1.165) is 17.8 Å². The van der Waals surface area contributed by atoms with Gasteiger partial charge in [0.05, 0.1) is 5.69 Å². The Labute approximate surface area is 131 Å². The van der Waals surface area contributed by atoms with E-state index in [0.29, 0.717) is 5.56 Å². The summed E-state index contributed by atoms with van der Waals surface area (Å²) in [6, 6.07) is 5.52. The van der Waals surface area contributed by atoms with Crippen molar-refractivity contribution < 1.29 is 4.79 Å². The summed E-state index contributed by atoms with van der Waals surface area (Å²) in [5.74, 6) is 5.42. The second kappa shape index (κ2) is 7.18. The second-order valence-corrected chi connectivity index (χ2v) is 7.08. The molecule has 4 nitrogen and oxygen atoms in total. The normalized spacial score (nSPS) is 17.3. The van der Waals surface area contributed by atoms with Gasteiger partial charge in [0.2, 0.25) is 0 Å². The summed E-state index contributed by atoms with van der Waals surface area (Å²) in [4.78, 5) is 12.3. The lowest BCUT2D eigenvalue weighted by Gasteiger charge is -2.35. The molecule has 116 valence electrons. The van der Waals surface area contributed by atoms with Gasteiger partial charge in [0, 0.05) is 16.9 Å². The minimum Gasteiger partial charge on any atom is -0.351 e. The highest BCUT2D eigenvalue weighted by Gasteiger charge is 2.31. The predicted molar refractivity (Wildman–Crippen MR) is 90.7 cm³/mol. The number of anilines is 1. The van der Waals surface area contributed by atoms with Crippen molar-refractivity contribution in [2.45, 2.75) is 43.8 Å². The van der Waals surface area contributed by atoms with Crippen molar-refractivity contribution in [1.82, 2.24) is 5.32 Å². The molecule has 21 heavy (non-hydrogen) atoms. The number of nitrogens with one attached hydrogen (secondary N) is 2. The molecule has 5 heteroatoms. The number of hydrazine groups is 1. The summed E-state index contributed by atoms with van der Waals surface area (Å²) >= 11 is 1.90. The molecular weight excluding hydrogens is 282 g/mol. The van der Waals surface area contributed by atoms with Gasteiger partial charge >= 0.3 is 0 Å². The van der Waals surface area contributed by atoms with Gasteiger partial charge in [-0.2, -0.15) is 11.8 Å². The average Bonchev–Trinajstić information content (AvgIpc) is 2.53. The van der Waals surface area contributed by atoms with E-state index in [9.17, 15) is 4.79 Å². The summed E-state index contributed by atoms with van der Waals surface area (Å²) in [5, 5.41) is 3.11. The molecular formula is C16H25N3OS. The summed E-state index contributed by atoms with van der Waals surface area (Å²) in [6.45, 7) is 2.69. The molecule has 1 aromatic rings. The molecule has 0 bridgehead atoms. The zero-order valence-electron chi connectivity index (χ0n) is 12.9. The fourth-order valence-corrected chi connectivity index (χ4v) is 3.87. The van der Waals surface area contributed by atoms with Crippen molar-refractivity contribution in [2.75, 3.05) is 18.2 Å². The van der Waals surface area contributed by atoms with Gasteiger partial charge in [-0.05, 0) is 49.8 Å². The van der Waals surface area contributed by atoms with Gasteiger partial charge in [-0.25, -0.2) is 0 Å². The highest BCUT2D eigenvalue weighted by molar-refractivity contribution is 8.00. The maximum atomic E-state index is 12.3. The Hall–Kier alpha value is -1.20. The second-order valence-electron chi connectivity index (χ2n) is 5.80. The number of nitrogens with two attached hydrogens (primary N) is 1. The Morgan fingerprint density at radius 2 is 2.05 bits per heavy atom. The van der Waals surface area contributed by atoms with Crippen LogP contribution in [0.15, 0.2) is 18.2 Å². The van der Waals surface area contributed by atoms with E-state index < -0.39 is 0 Å². The van der Waals surface area contributed by atoms with Crippen LogP contribution in [0.5, 0.6) is 0 Å². The molecule has 1 aliphatic rings. The number of aryl methyl sites for hydroxylation is 1. The van der Waals surface area contributed by atoms with E-state index in [4.69, 9.17) is 5.84 Å². The third-order valence-corrected chi connectivity index (χ3v) is 5.83. The largest absolute Gasteiger partial charge is 0.351 e. The molecule has 0 unspecified atom stereocenters. The van der Waals surface area contributed by atoms with Crippen LogP contribution in [-0.4, -0.2) is 23.5 Å². The number of carbonyl (C=O) groups is 1. The Balaban J connectivity index is 1.99. The fourth-order valence-electron chi connectivity index (χ4n) is 2.96. The molecule has 0 saturated heterocycles. The van der Waals surface area contributed by atoms with Gasteiger partial charge in [0.25, 0.3) is 5.91 Å². The number of thioether (sulfide) groups is 1. The maximum Gasteiger partial charge on any atom is 0.251 e. The molecule has 2 rings (SSSR count). The Morgan fingerprint density at radius 3 is 2.62 bits per heavy atom. The molecule has 0 aromatic heterocycles. The van der Waals surface area contributed by atoms with Crippen LogP contribution in [0.3, 0.4) is 0 Å². The lowest BCUT2D eigenvalue weighted by molar-refractivity contribution is 0.0947. The summed E-state index contributed by atoms with van der Waals surface area (Å²) in [7, 11) is 0. The van der Waals surface area contributed by atoms with Crippen LogP contribution in [0, 0.1) is 6.92 Å². The first-order valence-corrected chi connectivity index (χ1v) is 8.73. The Morgan fingerprint density at radius 1 is 1.33 bits per heavy atom. The van der Waals surface area contributed by atoms with Gasteiger partial charge < -0.3 is 10.7 Å². The number of benzene rings is 1. The first kappa shape index (κ1) is 16.2. The number of nitrogen functional groups attached to an aromatic ring is 1. The van der Waals surface area contributed by atoms with Crippen molar-refractivity contribution >= 4 is 23.4 Å². The molecule has 1 aliphatic carbocycles. The van der Waals surface area contributed by atoms with Crippen molar-refractivity contribution in [3.8, 4) is 0 Å². The summed E-state index contributed by atoms with van der Waals surface area (Å²) in [6.07, 6.45) is 8.42. The van der Waals surface area contributed by atoms with Crippen LogP contribution < -0.4 is 16.6 Å². The number of carbonyl (C=O) groups excluding carboxylic acids is 1. The average molecular weight is 307 g/mol. The van der Waals surface area contributed by atoms with Crippen molar-refractivity contribution in [3.05, 3.63) is 29.3 Å². The zero-order chi connectivity index (χ0) is 15.3. The predicted octanol–water partition coefficient (Wildman–Crippen LogP) is 3.08. The Bertz CT molecular complexity index is 498. The molecule has 4 N–H and O–H groups in total. The standard InChI is InChI=1S/C16H25N3OS/c1-12-10-13(6-7-14(12)19-17)15(20)18-11-16(21-2)8-4-3-5-9-16/h6-7,10,19H,3-5,8-9,11,17H2,1-2H3,(H,18,20). The molecule has 1 amide bonds. The molecule has 1 saturated carbocycles. The maximum absolute atomic E-state index is 12.3. The van der Waals surface area contributed by atoms with Crippen LogP contribution in [0.1, 0.15) is 48.0 Å². The smallest absolute Gasteiger partial charge is 0.251 e. The number of hydrogen-bond donors (Lipinski definition) is 3. The first-order chi connectivity index (χ1) is 10.1. The number of rotatable bonds is 5. The van der Waals surface area contributed by atoms with Crippen molar-refractivity contribution in [1.29, 1.82) is 0 Å². The topological polar surface area (TPSA) is 67.2 Å². The van der Waals surface area contributed by atoms with E-state index in [1.54, 1.807) is 0 Å². The van der Waals surface area contributed by atoms with Crippen molar-refractivity contribution in [3.63, 3.8) is 0 Å². The van der Waals surface area contributed by atoms with Crippen LogP contribution in [0.25, 0.3) is 0 Å². The number of hydrogen-bond acceptors (Lipinski definition) is 4. The summed E-state index contributed by atoms with van der Waals surface area (Å²) in [5.41, 5.74) is 5.14. The molecule has 0 atom stereocenters. The third kappa shape index (κ3) is 3.92. The monoisotopic (exact) mass is 307 g/mol. The summed E-state index contributed by atoms with van der Waals surface area (Å²) < 4.78 is 0.224. The zero-order valence-corrected chi connectivity index (χ0v) is 13.7. The minimum atomic E-state index is 0.000620. The Kier molecular flexibility index (Phi) is 5.53. The molecule has 1 fully saturated rings. The first-order valence-electron chi connectivity index (χ1n) is 7.51. The SMILES string of the molecule is CSC1(CNC(=O)c2ccc(NN)c(C)c2)CCCCC1. The van der Waals surface area contributed by atoms with E-state index in [-0.39, 0.29) is 10.7 Å². The van der Waals surface area contributed by atoms with Gasteiger partial charge in [-0.15, -0.1) is 0 Å². The number of amides is 1. The highest BCUT2D eigenvalue weighted by atomic mass is 32.2. The van der Waals surface area contributed by atoms with Crippen LogP contribution in [-0.2, 0) is 0 Å². The molecule has 0 radical (unpaired) electrons. The third-order valence-electron chi connectivity index (χ3n) is 4.41. The quantitative estimate of drug-likeness (QED) is 0.578. The lowest BCUT2D eigenvalue weighted by atomic mass is 9.88. The molecule has 0 spiro atoms. The van der Waals surface area contributed by atoms with Crippen LogP contribution in [0.4, 0.5) is 5.69 Å². The molecule has 1 aromatic carbocycles. The lowest BCUT2D eigenvalue weighted by Crippen LogP contribution is -2.41. The molecule has 0 heterocycles. The molecule has 0 aliphatic heterocycles. The van der Waals surface area contributed by atoms with Crippen LogP contribution in [0.2, 0.25) is 0 Å². The van der Waals surface area contributed by atoms with E-state index >= 15 is 0 Å². The van der Waals surface area contributed by atoms with Crippen LogP contribution >= 0.6 is 11.8 Å². The minimum absolute atomic E-state index is 0.000620. The van der Waals surface area contributed by atoms with Gasteiger partial charge in [0.15, 0.2) is 0 Å². The van der Waals surface area contributed by atoms with E-state index in [2.05, 4.69) is 17.0 Å². The highest BCUT2D eigenvalue weighted by Crippen LogP contribution is 2.38. The van der Waals surface area contributed by atoms with E-state index in [1.165, 1.54) is 32.1 Å².